The van der Waals surface area contributed by atoms with Gasteiger partial charge in [-0.25, -0.2) is 8.42 Å². The molecule has 1 atom stereocenters. The number of para-hydroxylation sites is 1. The molecule has 0 aliphatic heterocycles. The first-order valence-electron chi connectivity index (χ1n) is 13.5. The first kappa shape index (κ1) is 29.4. The molecule has 3 aromatic carbocycles. The van der Waals surface area contributed by atoms with E-state index in [1.54, 1.807) is 7.11 Å². The number of aromatic amines is 1. The largest absolute Gasteiger partial charge is 0.497 e. The standard InChI is InChI=1S/C31H33N5O4S2/c1-21-26(25-11-7-8-12-27(25)32-21)20-29(37)33-28(19-22-9-5-4-6-10-22)30-34-35-31(41-17-18-42(3,38)39)36(30)23-13-15-24(40-2)16-14-23/h4-16,28,32H,17-20H2,1-3H3,(H,33,37)/t28-/m0/s1. The summed E-state index contributed by atoms with van der Waals surface area (Å²) >= 11 is 1.31. The lowest BCUT2D eigenvalue weighted by Gasteiger charge is -2.20. The number of aryl methyl sites for hydroxylation is 1. The van der Waals surface area contributed by atoms with E-state index in [1.807, 2.05) is 90.4 Å². The molecule has 0 spiro atoms. The molecule has 0 unspecified atom stereocenters. The monoisotopic (exact) mass is 603 g/mol. The predicted molar refractivity (Wildman–Crippen MR) is 166 cm³/mol. The Morgan fingerprint density at radius 2 is 1.74 bits per heavy atom. The molecule has 2 aromatic heterocycles. The number of carbonyl (C=O) groups excluding carboxylic acids is 1. The third-order valence-electron chi connectivity index (χ3n) is 6.97. The minimum absolute atomic E-state index is 0.0105. The number of thioether (sulfide) groups is 1. The van der Waals surface area contributed by atoms with Gasteiger partial charge in [0.15, 0.2) is 11.0 Å². The number of fused-ring (bicyclic) bond motifs is 1. The van der Waals surface area contributed by atoms with Crippen molar-refractivity contribution in [3.63, 3.8) is 0 Å². The Morgan fingerprint density at radius 1 is 1.02 bits per heavy atom. The zero-order valence-corrected chi connectivity index (χ0v) is 25.3. The van der Waals surface area contributed by atoms with E-state index >= 15 is 0 Å². The van der Waals surface area contributed by atoms with Gasteiger partial charge in [0.25, 0.3) is 0 Å². The second-order valence-electron chi connectivity index (χ2n) is 10.1. The van der Waals surface area contributed by atoms with Crippen molar-refractivity contribution < 1.29 is 17.9 Å². The number of ether oxygens (including phenoxy) is 1. The summed E-state index contributed by atoms with van der Waals surface area (Å²) in [7, 11) is -1.54. The fourth-order valence-corrected chi connectivity index (χ4v) is 7.04. The fraction of sp³-hybridized carbons (Fsp3) is 0.258. The normalized spacial score (nSPS) is 12.4. The first-order valence-corrected chi connectivity index (χ1v) is 16.6. The summed E-state index contributed by atoms with van der Waals surface area (Å²) in [5.74, 6) is 1.44. The zero-order chi connectivity index (χ0) is 29.7. The number of carbonyl (C=O) groups is 1. The van der Waals surface area contributed by atoms with Crippen molar-refractivity contribution in [3.8, 4) is 11.4 Å². The van der Waals surface area contributed by atoms with Gasteiger partial charge in [0.1, 0.15) is 15.6 Å². The average Bonchev–Trinajstić information content (AvgIpc) is 3.53. The molecule has 0 radical (unpaired) electrons. The van der Waals surface area contributed by atoms with E-state index in [0.29, 0.717) is 28.9 Å². The van der Waals surface area contributed by atoms with Crippen molar-refractivity contribution in [2.45, 2.75) is 31.0 Å². The molecule has 2 N–H and O–H groups in total. The van der Waals surface area contributed by atoms with Crippen LogP contribution in [0.25, 0.3) is 16.6 Å². The number of aromatic nitrogens is 4. The molecule has 5 aromatic rings. The maximum Gasteiger partial charge on any atom is 0.225 e. The lowest BCUT2D eigenvalue weighted by molar-refractivity contribution is -0.121. The molecule has 0 aliphatic rings. The smallest absolute Gasteiger partial charge is 0.225 e. The number of nitrogens with zero attached hydrogens (tertiary/aromatic N) is 3. The van der Waals surface area contributed by atoms with Crippen molar-refractivity contribution in [1.82, 2.24) is 25.1 Å². The molecular weight excluding hydrogens is 571 g/mol. The van der Waals surface area contributed by atoms with Crippen LogP contribution < -0.4 is 10.1 Å². The number of benzene rings is 3. The minimum Gasteiger partial charge on any atom is -0.497 e. The van der Waals surface area contributed by atoms with Crippen LogP contribution in [-0.2, 0) is 27.5 Å². The van der Waals surface area contributed by atoms with E-state index in [0.717, 1.165) is 33.4 Å². The van der Waals surface area contributed by atoms with Crippen molar-refractivity contribution >= 4 is 38.4 Å². The number of H-pyrrole nitrogens is 1. The molecule has 0 saturated carbocycles. The van der Waals surface area contributed by atoms with Crippen molar-refractivity contribution in [3.05, 3.63) is 102 Å². The lowest BCUT2D eigenvalue weighted by Crippen LogP contribution is -2.33. The summed E-state index contributed by atoms with van der Waals surface area (Å²) in [5, 5.41) is 13.8. The van der Waals surface area contributed by atoms with E-state index in [4.69, 9.17) is 4.74 Å². The highest BCUT2D eigenvalue weighted by Gasteiger charge is 2.26. The van der Waals surface area contributed by atoms with E-state index in [9.17, 15) is 13.2 Å². The summed E-state index contributed by atoms with van der Waals surface area (Å²) in [6.07, 6.45) is 1.91. The predicted octanol–water partition coefficient (Wildman–Crippen LogP) is 4.85. The molecule has 11 heteroatoms. The number of hydrogen-bond acceptors (Lipinski definition) is 7. The maximum absolute atomic E-state index is 13.6. The summed E-state index contributed by atoms with van der Waals surface area (Å²) in [6.45, 7) is 1.98. The SMILES string of the molecule is COc1ccc(-n2c(SCCS(C)(=O)=O)nnc2[C@H](Cc2ccccc2)NC(=O)Cc2c(C)[nH]c3ccccc23)cc1. The third kappa shape index (κ3) is 7.03. The first-order chi connectivity index (χ1) is 20.2. The topological polar surface area (TPSA) is 119 Å². The zero-order valence-electron chi connectivity index (χ0n) is 23.7. The molecule has 1 amide bonds. The third-order valence-corrected chi connectivity index (χ3v) is 9.10. The molecule has 9 nitrogen and oxygen atoms in total. The molecule has 2 heterocycles. The number of methoxy groups -OCH3 is 1. The fourth-order valence-electron chi connectivity index (χ4n) is 4.88. The summed E-state index contributed by atoms with van der Waals surface area (Å²) in [5.41, 5.74) is 4.71. The van der Waals surface area contributed by atoms with Crippen LogP contribution in [0.2, 0.25) is 0 Å². The molecule has 0 bridgehead atoms. The van der Waals surface area contributed by atoms with Gasteiger partial charge in [0.05, 0.1) is 25.3 Å². The Kier molecular flexibility index (Phi) is 8.98. The molecular formula is C31H33N5O4S2. The van der Waals surface area contributed by atoms with Crippen LogP contribution in [0.4, 0.5) is 0 Å². The maximum atomic E-state index is 13.6. The number of nitrogens with one attached hydrogen (secondary N) is 2. The van der Waals surface area contributed by atoms with Crippen LogP contribution in [0.15, 0.2) is 84.0 Å². The second kappa shape index (κ2) is 12.8. The quantitative estimate of drug-likeness (QED) is 0.196. The number of sulfone groups is 1. The van der Waals surface area contributed by atoms with Crippen LogP contribution in [-0.4, -0.2) is 58.9 Å². The molecule has 0 saturated heterocycles. The Morgan fingerprint density at radius 3 is 2.45 bits per heavy atom. The minimum atomic E-state index is -3.15. The van der Waals surface area contributed by atoms with Crippen molar-refractivity contribution in [2.24, 2.45) is 0 Å². The van der Waals surface area contributed by atoms with Gasteiger partial charge in [-0.3, -0.25) is 9.36 Å². The van der Waals surface area contributed by atoms with Gasteiger partial charge in [-0.2, -0.15) is 0 Å². The summed E-state index contributed by atoms with van der Waals surface area (Å²) in [4.78, 5) is 17.0. The summed E-state index contributed by atoms with van der Waals surface area (Å²) in [6, 6.07) is 24.8. The van der Waals surface area contributed by atoms with Gasteiger partial charge in [0, 0.05) is 34.3 Å². The highest BCUT2D eigenvalue weighted by molar-refractivity contribution is 8.00. The van der Waals surface area contributed by atoms with E-state index in [1.165, 1.54) is 18.0 Å². The highest BCUT2D eigenvalue weighted by Crippen LogP contribution is 2.29. The highest BCUT2D eigenvalue weighted by atomic mass is 32.2. The Hall–Kier alpha value is -4.09. The van der Waals surface area contributed by atoms with Crippen LogP contribution in [0.3, 0.4) is 0 Å². The second-order valence-corrected chi connectivity index (χ2v) is 13.4. The van der Waals surface area contributed by atoms with Crippen LogP contribution in [0.5, 0.6) is 5.75 Å². The number of hydrogen-bond donors (Lipinski definition) is 2. The van der Waals surface area contributed by atoms with E-state index in [2.05, 4.69) is 20.5 Å². The Bertz CT molecular complexity index is 1780. The lowest BCUT2D eigenvalue weighted by atomic mass is 10.0. The van der Waals surface area contributed by atoms with Gasteiger partial charge < -0.3 is 15.0 Å². The number of rotatable bonds is 12. The van der Waals surface area contributed by atoms with Crippen molar-refractivity contribution in [2.75, 3.05) is 24.9 Å². The number of amides is 1. The Balaban J connectivity index is 1.51. The molecule has 0 fully saturated rings. The molecule has 5 rings (SSSR count). The summed E-state index contributed by atoms with van der Waals surface area (Å²) < 4.78 is 30.8. The Labute approximate surface area is 249 Å². The molecule has 42 heavy (non-hydrogen) atoms. The van der Waals surface area contributed by atoms with Crippen LogP contribution in [0, 0.1) is 6.92 Å². The van der Waals surface area contributed by atoms with Gasteiger partial charge >= 0.3 is 0 Å². The van der Waals surface area contributed by atoms with Crippen LogP contribution >= 0.6 is 11.8 Å². The average molecular weight is 604 g/mol. The van der Waals surface area contributed by atoms with E-state index in [-0.39, 0.29) is 18.1 Å². The van der Waals surface area contributed by atoms with Crippen LogP contribution in [0.1, 0.15) is 28.7 Å². The van der Waals surface area contributed by atoms with E-state index < -0.39 is 15.9 Å². The van der Waals surface area contributed by atoms with Gasteiger partial charge in [-0.15, -0.1) is 10.2 Å². The molecule has 218 valence electrons. The van der Waals surface area contributed by atoms with Gasteiger partial charge in [-0.05, 0) is 54.8 Å². The van der Waals surface area contributed by atoms with Gasteiger partial charge in [-0.1, -0.05) is 60.3 Å². The molecule has 0 aliphatic carbocycles. The van der Waals surface area contributed by atoms with Crippen molar-refractivity contribution in [1.29, 1.82) is 0 Å². The van der Waals surface area contributed by atoms with Gasteiger partial charge in [0.2, 0.25) is 5.91 Å².